The highest BCUT2D eigenvalue weighted by molar-refractivity contribution is 6.15. The predicted octanol–water partition coefficient (Wildman–Crippen LogP) is 12.2. The van der Waals surface area contributed by atoms with Crippen LogP contribution in [0.5, 0.6) is 0 Å². The van der Waals surface area contributed by atoms with Crippen molar-refractivity contribution in [1.29, 1.82) is 0 Å². The van der Waals surface area contributed by atoms with E-state index in [2.05, 4.69) is 122 Å². The lowest BCUT2D eigenvalue weighted by Gasteiger charge is -2.21. The Bertz CT molecular complexity index is 3100. The topological polar surface area (TPSA) is 56.7 Å². The van der Waals surface area contributed by atoms with E-state index in [1.54, 1.807) is 0 Å². The maximum Gasteiger partial charge on any atom is 0.164 e. The molecule has 0 fully saturated rings. The van der Waals surface area contributed by atoms with Crippen LogP contribution < -0.4 is 0 Å². The van der Waals surface area contributed by atoms with Gasteiger partial charge in [0, 0.05) is 54.9 Å². The van der Waals surface area contributed by atoms with Crippen molar-refractivity contribution in [3.63, 3.8) is 0 Å². The summed E-state index contributed by atoms with van der Waals surface area (Å²) in [5.41, 5.74) is 13.0. The van der Waals surface area contributed by atoms with Gasteiger partial charge in [0.05, 0.1) is 11.0 Å². The maximum atomic E-state index is 6.26. The second-order valence-electron chi connectivity index (χ2n) is 14.4. The van der Waals surface area contributed by atoms with Crippen LogP contribution in [0.25, 0.3) is 94.7 Å². The van der Waals surface area contributed by atoms with Gasteiger partial charge in [-0.15, -0.1) is 0 Å². The number of aromatic nitrogens is 4. The largest absolute Gasteiger partial charge is 0.456 e. The summed E-state index contributed by atoms with van der Waals surface area (Å²) >= 11 is 0. The fraction of sp³-hybridized carbons (Fsp3) is 0.0625. The number of fused-ring (bicyclic) bond motifs is 10. The third-order valence-corrected chi connectivity index (χ3v) is 11.0. The minimum atomic E-state index is -0.107. The quantitative estimate of drug-likeness (QED) is 0.186. The van der Waals surface area contributed by atoms with E-state index in [4.69, 9.17) is 19.4 Å². The molecule has 5 heteroatoms. The fourth-order valence-electron chi connectivity index (χ4n) is 8.51. The smallest absolute Gasteiger partial charge is 0.164 e. The highest BCUT2D eigenvalue weighted by Gasteiger charge is 2.37. The van der Waals surface area contributed by atoms with Gasteiger partial charge in [0.1, 0.15) is 11.2 Å². The van der Waals surface area contributed by atoms with Gasteiger partial charge in [-0.05, 0) is 53.1 Å². The fourth-order valence-corrected chi connectivity index (χ4v) is 8.51. The Morgan fingerprint density at radius 3 is 1.96 bits per heavy atom. The van der Waals surface area contributed by atoms with Crippen LogP contribution in [0.4, 0.5) is 0 Å². The molecule has 250 valence electrons. The highest BCUT2D eigenvalue weighted by Crippen LogP contribution is 2.52. The van der Waals surface area contributed by atoms with Gasteiger partial charge >= 0.3 is 0 Å². The Morgan fingerprint density at radius 1 is 0.472 bits per heavy atom. The molecule has 7 aromatic carbocycles. The molecule has 1 aliphatic rings. The lowest BCUT2D eigenvalue weighted by atomic mass is 9.82. The van der Waals surface area contributed by atoms with Gasteiger partial charge < -0.3 is 8.98 Å². The van der Waals surface area contributed by atoms with Crippen molar-refractivity contribution >= 4 is 43.7 Å². The Hall–Kier alpha value is -6.85. The number of nitrogens with zero attached hydrogens (tertiary/aromatic N) is 4. The van der Waals surface area contributed by atoms with E-state index in [0.29, 0.717) is 17.5 Å². The monoisotopic (exact) mass is 680 g/mol. The van der Waals surface area contributed by atoms with Crippen molar-refractivity contribution in [2.24, 2.45) is 0 Å². The average molecular weight is 681 g/mol. The number of rotatable bonds is 4. The normalized spacial score (nSPS) is 13.2. The number of furan rings is 1. The van der Waals surface area contributed by atoms with Crippen LogP contribution in [0.3, 0.4) is 0 Å². The zero-order chi connectivity index (χ0) is 35.3. The molecule has 0 radical (unpaired) electrons. The second kappa shape index (κ2) is 11.1. The molecule has 1 aliphatic carbocycles. The zero-order valence-electron chi connectivity index (χ0n) is 29.2. The van der Waals surface area contributed by atoms with Gasteiger partial charge in [0.15, 0.2) is 17.5 Å². The Kier molecular flexibility index (Phi) is 6.23. The molecule has 0 saturated heterocycles. The summed E-state index contributed by atoms with van der Waals surface area (Å²) in [6.07, 6.45) is 0. The van der Waals surface area contributed by atoms with E-state index in [-0.39, 0.29) is 5.41 Å². The summed E-state index contributed by atoms with van der Waals surface area (Å²) in [5, 5.41) is 4.63. The van der Waals surface area contributed by atoms with Gasteiger partial charge in [0.25, 0.3) is 0 Å². The Balaban J connectivity index is 1.13. The molecule has 0 aliphatic heterocycles. The molecule has 5 nitrogen and oxygen atoms in total. The van der Waals surface area contributed by atoms with Crippen molar-refractivity contribution < 1.29 is 4.42 Å². The molecular formula is C48H32N4O. The first kappa shape index (κ1) is 29.8. The van der Waals surface area contributed by atoms with Gasteiger partial charge in [-0.3, -0.25) is 0 Å². The summed E-state index contributed by atoms with van der Waals surface area (Å²) in [6.45, 7) is 4.68. The first-order valence-corrected chi connectivity index (χ1v) is 18.0. The Labute approximate surface area is 305 Å². The van der Waals surface area contributed by atoms with E-state index in [1.807, 2.05) is 54.6 Å². The molecule has 10 aromatic rings. The van der Waals surface area contributed by atoms with Crippen LogP contribution in [-0.2, 0) is 5.41 Å². The SMILES string of the molecule is CC1(C)c2ccccc2-c2c1ccc1c3ccccc3n(-c3cccc(-c4nc(-c5ccccc5)nc(-c5ccc6c(c5)oc5ccccc56)n4)c3)c21. The summed E-state index contributed by atoms with van der Waals surface area (Å²) in [6, 6.07) is 55.3. The molecule has 0 N–H and O–H groups in total. The summed E-state index contributed by atoms with van der Waals surface area (Å²) in [7, 11) is 0. The van der Waals surface area contributed by atoms with Gasteiger partial charge in [-0.2, -0.15) is 0 Å². The maximum absolute atomic E-state index is 6.26. The molecule has 0 unspecified atom stereocenters. The van der Waals surface area contributed by atoms with Crippen molar-refractivity contribution in [2.75, 3.05) is 0 Å². The molecule has 53 heavy (non-hydrogen) atoms. The van der Waals surface area contributed by atoms with Crippen LogP contribution >= 0.6 is 0 Å². The van der Waals surface area contributed by atoms with E-state index in [1.165, 1.54) is 38.5 Å². The lowest BCUT2D eigenvalue weighted by molar-refractivity contribution is 0.661. The molecule has 0 spiro atoms. The standard InChI is InChI=1S/C48H32N4O/c1-48(2)38-20-9-6-19-37(38)43-39(48)26-25-36-33-17-7-10-21-40(33)52(44(36)43)32-16-12-15-30(27-32)46-49-45(29-13-4-3-5-14-29)50-47(51-46)31-23-24-35-34-18-8-11-22-41(34)53-42(35)28-31/h3-28H,1-2H3. The lowest BCUT2D eigenvalue weighted by Crippen LogP contribution is -2.14. The highest BCUT2D eigenvalue weighted by atomic mass is 16.3. The predicted molar refractivity (Wildman–Crippen MR) is 215 cm³/mol. The van der Waals surface area contributed by atoms with Crippen LogP contribution in [0.2, 0.25) is 0 Å². The molecule has 11 rings (SSSR count). The van der Waals surface area contributed by atoms with Crippen LogP contribution in [-0.4, -0.2) is 19.5 Å². The number of hydrogen-bond donors (Lipinski definition) is 0. The molecule has 0 saturated carbocycles. The first-order valence-electron chi connectivity index (χ1n) is 18.0. The first-order chi connectivity index (χ1) is 26.0. The average Bonchev–Trinajstić information content (AvgIpc) is 3.83. The van der Waals surface area contributed by atoms with Crippen LogP contribution in [0.15, 0.2) is 162 Å². The van der Waals surface area contributed by atoms with Gasteiger partial charge in [0.2, 0.25) is 0 Å². The molecule has 3 aromatic heterocycles. The molecule has 0 bridgehead atoms. The number of benzene rings is 7. The summed E-state index contributed by atoms with van der Waals surface area (Å²) in [4.78, 5) is 15.3. The third-order valence-electron chi connectivity index (χ3n) is 11.0. The van der Waals surface area contributed by atoms with E-state index in [9.17, 15) is 0 Å². The van der Waals surface area contributed by atoms with Gasteiger partial charge in [-0.25, -0.2) is 15.0 Å². The minimum Gasteiger partial charge on any atom is -0.456 e. The van der Waals surface area contributed by atoms with Crippen molar-refractivity contribution in [1.82, 2.24) is 19.5 Å². The minimum absolute atomic E-state index is 0.107. The summed E-state index contributed by atoms with van der Waals surface area (Å²) < 4.78 is 8.70. The van der Waals surface area contributed by atoms with Crippen molar-refractivity contribution in [3.8, 4) is 51.0 Å². The molecule has 3 heterocycles. The van der Waals surface area contributed by atoms with E-state index in [0.717, 1.165) is 49.8 Å². The Morgan fingerprint density at radius 2 is 1.11 bits per heavy atom. The number of hydrogen-bond acceptors (Lipinski definition) is 4. The summed E-state index contributed by atoms with van der Waals surface area (Å²) in [5.74, 6) is 1.82. The van der Waals surface area contributed by atoms with E-state index >= 15 is 0 Å². The van der Waals surface area contributed by atoms with Crippen LogP contribution in [0.1, 0.15) is 25.0 Å². The number of para-hydroxylation sites is 2. The van der Waals surface area contributed by atoms with Crippen molar-refractivity contribution in [2.45, 2.75) is 19.3 Å². The van der Waals surface area contributed by atoms with Crippen LogP contribution in [0, 0.1) is 0 Å². The molecular weight excluding hydrogens is 649 g/mol. The molecule has 0 atom stereocenters. The van der Waals surface area contributed by atoms with Gasteiger partial charge in [-0.1, -0.05) is 135 Å². The van der Waals surface area contributed by atoms with E-state index < -0.39 is 0 Å². The second-order valence-corrected chi connectivity index (χ2v) is 14.4. The molecule has 0 amide bonds. The zero-order valence-corrected chi connectivity index (χ0v) is 29.2. The third kappa shape index (κ3) is 4.40. The van der Waals surface area contributed by atoms with Crippen molar-refractivity contribution in [3.05, 3.63) is 169 Å².